The van der Waals surface area contributed by atoms with E-state index in [1.807, 2.05) is 18.2 Å². The van der Waals surface area contributed by atoms with Crippen molar-refractivity contribution in [3.63, 3.8) is 0 Å². The molecule has 0 heterocycles. The van der Waals surface area contributed by atoms with Gasteiger partial charge in [-0.2, -0.15) is 0 Å². The first-order valence-electron chi connectivity index (χ1n) is 9.21. The van der Waals surface area contributed by atoms with Crippen LogP contribution in [0.25, 0.3) is 0 Å². The summed E-state index contributed by atoms with van der Waals surface area (Å²) in [6, 6.07) is 0. The maximum atomic E-state index is 10.3. The quantitative estimate of drug-likeness (QED) is 0.267. The minimum absolute atomic E-state index is 0.143. The summed E-state index contributed by atoms with van der Waals surface area (Å²) in [5, 5.41) is 38.0. The molecular formula is C20H34O5. The molecule has 0 fully saturated rings. The minimum atomic E-state index is -1.01. The van der Waals surface area contributed by atoms with Gasteiger partial charge < -0.3 is 20.4 Å². The van der Waals surface area contributed by atoms with E-state index in [9.17, 15) is 20.1 Å². The van der Waals surface area contributed by atoms with E-state index < -0.39 is 24.3 Å². The molecule has 5 heteroatoms. The Labute approximate surface area is 151 Å². The van der Waals surface area contributed by atoms with Crippen molar-refractivity contribution in [2.24, 2.45) is 0 Å². The highest BCUT2D eigenvalue weighted by atomic mass is 16.4. The second kappa shape index (κ2) is 16.1. The first kappa shape index (κ1) is 23.6. The summed E-state index contributed by atoms with van der Waals surface area (Å²) in [7, 11) is 0. The SMILES string of the molecule is CCCCC/C=C/CC(O)C(O)C=CC(O)CC=CCCCC(=O)O. The number of allylic oxidation sites excluding steroid dienone is 2. The van der Waals surface area contributed by atoms with Crippen LogP contribution in [0.5, 0.6) is 0 Å². The number of carbonyl (C=O) groups is 1. The van der Waals surface area contributed by atoms with E-state index in [1.54, 1.807) is 6.08 Å². The van der Waals surface area contributed by atoms with Crippen LogP contribution in [0.15, 0.2) is 36.5 Å². The van der Waals surface area contributed by atoms with Gasteiger partial charge >= 0.3 is 5.97 Å². The van der Waals surface area contributed by atoms with Crippen molar-refractivity contribution >= 4 is 5.97 Å². The summed E-state index contributed by atoms with van der Waals surface area (Å²) in [5.74, 6) is -0.806. The highest BCUT2D eigenvalue weighted by Crippen LogP contribution is 2.06. The Hall–Kier alpha value is -1.43. The number of aliphatic carboxylic acids is 1. The number of aliphatic hydroxyl groups is 3. The van der Waals surface area contributed by atoms with E-state index in [4.69, 9.17) is 5.11 Å². The molecule has 0 bridgehead atoms. The van der Waals surface area contributed by atoms with Crippen molar-refractivity contribution in [3.8, 4) is 0 Å². The van der Waals surface area contributed by atoms with Crippen LogP contribution in [0.1, 0.15) is 64.7 Å². The van der Waals surface area contributed by atoms with Crippen molar-refractivity contribution in [2.75, 3.05) is 0 Å². The van der Waals surface area contributed by atoms with E-state index in [1.165, 1.54) is 25.0 Å². The molecule has 25 heavy (non-hydrogen) atoms. The number of hydrogen-bond acceptors (Lipinski definition) is 4. The number of unbranched alkanes of at least 4 members (excludes halogenated alkanes) is 4. The fourth-order valence-corrected chi connectivity index (χ4v) is 2.18. The molecule has 144 valence electrons. The number of carboxylic acid groups (broad SMARTS) is 1. The number of carboxylic acids is 1. The third-order valence-corrected chi connectivity index (χ3v) is 3.75. The third kappa shape index (κ3) is 15.8. The Bertz CT molecular complexity index is 414. The lowest BCUT2D eigenvalue weighted by Crippen LogP contribution is -2.23. The van der Waals surface area contributed by atoms with Crippen molar-refractivity contribution in [2.45, 2.75) is 83.0 Å². The second-order valence-corrected chi connectivity index (χ2v) is 6.21. The maximum absolute atomic E-state index is 10.3. The van der Waals surface area contributed by atoms with Gasteiger partial charge in [0.1, 0.15) is 0 Å². The van der Waals surface area contributed by atoms with Crippen molar-refractivity contribution < 1.29 is 25.2 Å². The Morgan fingerprint density at radius 3 is 2.16 bits per heavy atom. The fraction of sp³-hybridized carbons (Fsp3) is 0.650. The van der Waals surface area contributed by atoms with Crippen LogP contribution in [-0.4, -0.2) is 44.7 Å². The Morgan fingerprint density at radius 2 is 1.52 bits per heavy atom. The van der Waals surface area contributed by atoms with Crippen LogP contribution in [0.3, 0.4) is 0 Å². The molecule has 3 unspecified atom stereocenters. The third-order valence-electron chi connectivity index (χ3n) is 3.75. The van der Waals surface area contributed by atoms with E-state index in [0.717, 1.165) is 12.8 Å². The van der Waals surface area contributed by atoms with Gasteiger partial charge in [0.05, 0.1) is 18.3 Å². The monoisotopic (exact) mass is 354 g/mol. The average molecular weight is 354 g/mol. The number of rotatable bonds is 15. The Kier molecular flexibility index (Phi) is 15.1. The molecule has 0 aliphatic heterocycles. The minimum Gasteiger partial charge on any atom is -0.481 e. The molecule has 3 atom stereocenters. The van der Waals surface area contributed by atoms with Crippen LogP contribution < -0.4 is 0 Å². The van der Waals surface area contributed by atoms with Crippen molar-refractivity contribution in [3.05, 3.63) is 36.5 Å². The summed E-state index contributed by atoms with van der Waals surface area (Å²) in [4.78, 5) is 10.3. The highest BCUT2D eigenvalue weighted by Gasteiger charge is 2.11. The van der Waals surface area contributed by atoms with Gasteiger partial charge in [-0.1, -0.05) is 56.2 Å². The summed E-state index contributed by atoms with van der Waals surface area (Å²) < 4.78 is 0. The van der Waals surface area contributed by atoms with Gasteiger partial charge in [-0.05, 0) is 38.5 Å². The van der Waals surface area contributed by atoms with E-state index in [2.05, 4.69) is 6.92 Å². The molecule has 0 aromatic rings. The lowest BCUT2D eigenvalue weighted by molar-refractivity contribution is -0.137. The van der Waals surface area contributed by atoms with Gasteiger partial charge in [0, 0.05) is 6.42 Å². The predicted molar refractivity (Wildman–Crippen MR) is 100 cm³/mol. The molecule has 0 aromatic carbocycles. The molecule has 0 saturated heterocycles. The average Bonchev–Trinajstić information content (AvgIpc) is 2.58. The lowest BCUT2D eigenvalue weighted by Gasteiger charge is -2.13. The van der Waals surface area contributed by atoms with Crippen LogP contribution in [0, 0.1) is 0 Å². The molecular weight excluding hydrogens is 320 g/mol. The van der Waals surface area contributed by atoms with Gasteiger partial charge in [-0.15, -0.1) is 0 Å². The summed E-state index contributed by atoms with van der Waals surface area (Å²) >= 11 is 0. The van der Waals surface area contributed by atoms with E-state index in [0.29, 0.717) is 25.7 Å². The molecule has 0 aromatic heterocycles. The molecule has 0 amide bonds. The Morgan fingerprint density at radius 1 is 0.880 bits per heavy atom. The normalized spacial score (nSPS) is 16.0. The molecule has 0 rings (SSSR count). The first-order valence-corrected chi connectivity index (χ1v) is 9.21. The van der Waals surface area contributed by atoms with Gasteiger partial charge in [0.15, 0.2) is 0 Å². The Balaban J connectivity index is 3.91. The molecule has 0 saturated carbocycles. The predicted octanol–water partition coefficient (Wildman–Crippen LogP) is 3.35. The molecule has 0 spiro atoms. The molecule has 0 aliphatic carbocycles. The molecule has 0 aliphatic rings. The summed E-state index contributed by atoms with van der Waals surface area (Å²) in [6.07, 6.45) is 14.5. The highest BCUT2D eigenvalue weighted by molar-refractivity contribution is 5.66. The first-order chi connectivity index (χ1) is 12.0. The summed E-state index contributed by atoms with van der Waals surface area (Å²) in [5.41, 5.74) is 0. The second-order valence-electron chi connectivity index (χ2n) is 6.21. The standard InChI is InChI=1S/C20H34O5/c1-2-3-4-5-6-10-13-18(22)19(23)16-15-17(21)12-9-7-8-11-14-20(24)25/h6-7,9-10,15-19,21-23H,2-5,8,11-14H2,1H3,(H,24,25)/b9-7?,10-6+,16-15?. The van der Waals surface area contributed by atoms with Gasteiger partial charge in [-0.3, -0.25) is 4.79 Å². The van der Waals surface area contributed by atoms with Crippen LogP contribution in [0.4, 0.5) is 0 Å². The van der Waals surface area contributed by atoms with Crippen LogP contribution in [-0.2, 0) is 4.79 Å². The van der Waals surface area contributed by atoms with E-state index in [-0.39, 0.29) is 6.42 Å². The van der Waals surface area contributed by atoms with Gasteiger partial charge in [0.25, 0.3) is 0 Å². The fourth-order valence-electron chi connectivity index (χ4n) is 2.18. The largest absolute Gasteiger partial charge is 0.481 e. The number of hydrogen-bond donors (Lipinski definition) is 4. The topological polar surface area (TPSA) is 98.0 Å². The summed E-state index contributed by atoms with van der Waals surface area (Å²) in [6.45, 7) is 2.15. The maximum Gasteiger partial charge on any atom is 0.303 e. The van der Waals surface area contributed by atoms with Crippen LogP contribution in [0.2, 0.25) is 0 Å². The van der Waals surface area contributed by atoms with Crippen molar-refractivity contribution in [1.29, 1.82) is 0 Å². The zero-order valence-electron chi connectivity index (χ0n) is 15.3. The molecule has 0 radical (unpaired) electrons. The molecule has 5 nitrogen and oxygen atoms in total. The zero-order chi connectivity index (χ0) is 18.9. The zero-order valence-corrected chi connectivity index (χ0v) is 15.3. The van der Waals surface area contributed by atoms with Crippen molar-refractivity contribution in [1.82, 2.24) is 0 Å². The van der Waals surface area contributed by atoms with Gasteiger partial charge in [-0.25, -0.2) is 0 Å². The van der Waals surface area contributed by atoms with E-state index >= 15 is 0 Å². The smallest absolute Gasteiger partial charge is 0.303 e. The van der Waals surface area contributed by atoms with Gasteiger partial charge in [0.2, 0.25) is 0 Å². The molecule has 4 N–H and O–H groups in total. The lowest BCUT2D eigenvalue weighted by atomic mass is 10.1. The number of aliphatic hydroxyl groups excluding tert-OH is 3. The van der Waals surface area contributed by atoms with Crippen LogP contribution >= 0.6 is 0 Å².